The van der Waals surface area contributed by atoms with Crippen molar-refractivity contribution in [1.29, 1.82) is 0 Å². The van der Waals surface area contributed by atoms with E-state index < -0.39 is 14.5 Å². The van der Waals surface area contributed by atoms with Crippen LogP contribution in [0.4, 0.5) is 0 Å². The van der Waals surface area contributed by atoms with Crippen molar-refractivity contribution in [1.82, 2.24) is 0 Å². The van der Waals surface area contributed by atoms with E-state index in [1.54, 1.807) is 0 Å². The topological polar surface area (TPSA) is 9.23 Å². The van der Waals surface area contributed by atoms with Gasteiger partial charge in [-0.05, 0) is 6.42 Å². The second-order valence-electron chi connectivity index (χ2n) is 3.24. The molecule has 0 bridgehead atoms. The first-order valence-corrected chi connectivity index (χ1v) is 7.64. The van der Waals surface area contributed by atoms with Gasteiger partial charge in [0.15, 0.2) is 0 Å². The van der Waals surface area contributed by atoms with E-state index in [1.165, 1.54) is 36.2 Å². The van der Waals surface area contributed by atoms with Crippen LogP contribution in [0.25, 0.3) is 0 Å². The maximum atomic E-state index is 5.84. The first kappa shape index (κ1) is 10.1. The van der Waals surface area contributed by atoms with Gasteiger partial charge >= 0.3 is 14.5 Å². The Morgan fingerprint density at radius 1 is 1.64 bits per heavy atom. The molecule has 64 valence electrons. The number of alkyl halides is 1. The normalized spacial score (nSPS) is 25.6. The van der Waals surface area contributed by atoms with Gasteiger partial charge in [0.2, 0.25) is 0 Å². The van der Waals surface area contributed by atoms with Crippen LogP contribution in [0.2, 0.25) is 10.6 Å². The van der Waals surface area contributed by atoms with Crippen LogP contribution in [0.5, 0.6) is 0 Å². The van der Waals surface area contributed by atoms with Crippen molar-refractivity contribution in [3.05, 3.63) is 0 Å². The molecule has 1 saturated heterocycles. The van der Waals surface area contributed by atoms with Crippen molar-refractivity contribution >= 4 is 30.4 Å². The van der Waals surface area contributed by atoms with Gasteiger partial charge in [-0.25, -0.2) is 0 Å². The van der Waals surface area contributed by atoms with E-state index in [4.69, 9.17) is 3.79 Å². The molecule has 1 atom stereocenters. The van der Waals surface area contributed by atoms with Crippen molar-refractivity contribution in [2.75, 3.05) is 0 Å². The highest BCUT2D eigenvalue weighted by Gasteiger charge is 2.26. The van der Waals surface area contributed by atoms with Gasteiger partial charge in [0.25, 0.3) is 0 Å². The van der Waals surface area contributed by atoms with Crippen molar-refractivity contribution in [2.24, 2.45) is 0 Å². The van der Waals surface area contributed by atoms with Gasteiger partial charge in [-0.2, -0.15) is 0 Å². The molecule has 0 N–H and O–H groups in total. The van der Waals surface area contributed by atoms with Crippen molar-refractivity contribution < 1.29 is 3.79 Å². The first-order valence-electron chi connectivity index (χ1n) is 4.62. The molecule has 0 aromatic heterocycles. The largest absolute Gasteiger partial charge is 0.490 e. The molecule has 1 aliphatic rings. The monoisotopic (exact) mass is 234 g/mol. The van der Waals surface area contributed by atoms with Crippen molar-refractivity contribution in [3.8, 4) is 0 Å². The third-order valence-corrected chi connectivity index (χ3v) is 6.07. The predicted molar refractivity (Wildman–Crippen MR) is 53.3 cm³/mol. The minimum Gasteiger partial charge on any atom is -0.490 e. The van der Waals surface area contributed by atoms with Crippen LogP contribution in [0, 0.1) is 0 Å². The summed E-state index contributed by atoms with van der Waals surface area (Å²) in [7, 11) is 0. The Bertz CT molecular complexity index is 110. The summed E-state index contributed by atoms with van der Waals surface area (Å²) in [4.78, 5) is 0. The summed E-state index contributed by atoms with van der Waals surface area (Å²) in [6.45, 7) is 2.25. The highest BCUT2D eigenvalue weighted by molar-refractivity contribution is 9.09. The van der Waals surface area contributed by atoms with Crippen LogP contribution in [0.1, 0.15) is 32.6 Å². The lowest BCUT2D eigenvalue weighted by molar-refractivity contribution is 0.259. The Morgan fingerprint density at radius 3 is 3.09 bits per heavy atom. The van der Waals surface area contributed by atoms with Crippen molar-refractivity contribution in [2.45, 2.75) is 48.2 Å². The molecule has 11 heavy (non-hydrogen) atoms. The number of hydrogen-bond acceptors (Lipinski definition) is 1. The Balaban J connectivity index is 2.12. The van der Waals surface area contributed by atoms with Gasteiger partial charge in [-0.3, -0.25) is 0 Å². The summed E-state index contributed by atoms with van der Waals surface area (Å²) in [5, 5.41) is 3.19. The summed E-state index contributed by atoms with van der Waals surface area (Å²) in [5.74, 6) is 0. The molecule has 0 saturated carbocycles. The molecular weight excluding hydrogens is 219 g/mol. The standard InChI is InChI=1S/C4H7BrO.C4H9.Al/c1-2-3-4(5)6;1-3-4-2;/h4H,1-3H2;1,3-4H2,2H3;/q-1;;+1. The van der Waals surface area contributed by atoms with E-state index in [9.17, 15) is 0 Å². The van der Waals surface area contributed by atoms with Crippen LogP contribution in [-0.2, 0) is 3.79 Å². The molecule has 1 nitrogen and oxygen atoms in total. The van der Waals surface area contributed by atoms with Gasteiger partial charge in [-0.1, -0.05) is 52.7 Å². The smallest absolute Gasteiger partial charge is 0.461 e. The molecule has 1 unspecified atom stereocenters. The molecule has 0 amide bonds. The van der Waals surface area contributed by atoms with Gasteiger partial charge < -0.3 is 3.79 Å². The average Bonchev–Trinajstić information content (AvgIpc) is 2.01. The van der Waals surface area contributed by atoms with Crippen LogP contribution in [-0.4, -0.2) is 19.5 Å². The maximum Gasteiger partial charge on any atom is 0.461 e. The molecule has 0 spiro atoms. The lowest BCUT2D eigenvalue weighted by Crippen LogP contribution is -2.26. The fourth-order valence-electron chi connectivity index (χ4n) is 1.50. The van der Waals surface area contributed by atoms with Gasteiger partial charge in [-0.15, -0.1) is 0 Å². The summed E-state index contributed by atoms with van der Waals surface area (Å²) >= 11 is 2.78. The minimum atomic E-state index is -0.749. The molecule has 1 rings (SSSR count). The summed E-state index contributed by atoms with van der Waals surface area (Å²) < 4.78 is 5.84. The Labute approximate surface area is 82.4 Å². The van der Waals surface area contributed by atoms with Crippen LogP contribution >= 0.6 is 15.9 Å². The van der Waals surface area contributed by atoms with Crippen LogP contribution < -0.4 is 0 Å². The maximum absolute atomic E-state index is 5.84. The van der Waals surface area contributed by atoms with Crippen molar-refractivity contribution in [3.63, 3.8) is 0 Å². The molecule has 0 aliphatic carbocycles. The molecule has 1 heterocycles. The Hall–Kier alpha value is 0.972. The number of hydrogen-bond donors (Lipinski definition) is 0. The summed E-state index contributed by atoms with van der Waals surface area (Å²) in [6.07, 6.45) is 5.29. The van der Waals surface area contributed by atoms with Crippen LogP contribution in [0.15, 0.2) is 0 Å². The zero-order chi connectivity index (χ0) is 8.10. The zero-order valence-electron chi connectivity index (χ0n) is 7.18. The lowest BCUT2D eigenvalue weighted by atomic mass is 10.3. The average molecular weight is 235 g/mol. The fraction of sp³-hybridized carbons (Fsp3) is 1.00. The first-order chi connectivity index (χ1) is 5.33. The molecular formula is C8H16AlBrO. The highest BCUT2D eigenvalue weighted by Crippen LogP contribution is 2.24. The number of unbranched alkanes of at least 4 members (excludes halogenated alkanes) is 1. The summed E-state index contributed by atoms with van der Waals surface area (Å²) in [6, 6.07) is 0. The fourth-order valence-corrected chi connectivity index (χ4v) is 5.40. The predicted octanol–water partition coefficient (Wildman–Crippen LogP) is 3.31. The van der Waals surface area contributed by atoms with E-state index in [0.29, 0.717) is 5.01 Å². The van der Waals surface area contributed by atoms with E-state index in [-0.39, 0.29) is 0 Å². The second-order valence-corrected chi connectivity index (χ2v) is 6.93. The quantitative estimate of drug-likeness (QED) is 0.538. The SMILES string of the molecule is CCC[CH2][Al]1[CH2]CCC(Br)[O]1. The second kappa shape index (κ2) is 5.59. The van der Waals surface area contributed by atoms with Gasteiger partial charge in [0.05, 0.1) is 5.01 Å². The van der Waals surface area contributed by atoms with Gasteiger partial charge in [0, 0.05) is 0 Å². The molecule has 0 radical (unpaired) electrons. The lowest BCUT2D eigenvalue weighted by Gasteiger charge is -2.23. The van der Waals surface area contributed by atoms with E-state index >= 15 is 0 Å². The molecule has 3 heteroatoms. The third-order valence-electron chi connectivity index (χ3n) is 2.18. The van der Waals surface area contributed by atoms with E-state index in [1.807, 2.05) is 0 Å². The zero-order valence-corrected chi connectivity index (χ0v) is 9.92. The molecule has 0 aromatic rings. The molecule has 0 aromatic carbocycles. The molecule has 1 aliphatic heterocycles. The molecule has 1 fully saturated rings. The number of halogens is 1. The van der Waals surface area contributed by atoms with E-state index in [2.05, 4.69) is 22.9 Å². The van der Waals surface area contributed by atoms with E-state index in [0.717, 1.165) is 0 Å². The van der Waals surface area contributed by atoms with Gasteiger partial charge in [0.1, 0.15) is 0 Å². The summed E-state index contributed by atoms with van der Waals surface area (Å²) in [5.41, 5.74) is 0. The van der Waals surface area contributed by atoms with Crippen LogP contribution in [0.3, 0.4) is 0 Å². The Kier molecular flexibility index (Phi) is 5.11. The third kappa shape index (κ3) is 3.94. The Morgan fingerprint density at radius 2 is 2.45 bits per heavy atom. The minimum absolute atomic E-state index is 0.393. The number of rotatable bonds is 3. The highest BCUT2D eigenvalue weighted by atomic mass is 79.9.